The highest BCUT2D eigenvalue weighted by molar-refractivity contribution is 7.15. The number of amides is 1. The molecule has 1 aromatic carbocycles. The zero-order valence-electron chi connectivity index (χ0n) is 14.0. The van der Waals surface area contributed by atoms with Crippen molar-refractivity contribution in [3.63, 3.8) is 0 Å². The number of aromatic nitrogens is 2. The van der Waals surface area contributed by atoms with E-state index < -0.39 is 5.91 Å². The van der Waals surface area contributed by atoms with E-state index in [1.165, 1.54) is 21.9 Å². The third-order valence-electron chi connectivity index (χ3n) is 3.84. The van der Waals surface area contributed by atoms with E-state index in [2.05, 4.69) is 10.3 Å². The van der Waals surface area contributed by atoms with Crippen molar-refractivity contribution in [2.24, 2.45) is 0 Å². The summed E-state index contributed by atoms with van der Waals surface area (Å²) in [6, 6.07) is 5.07. The Bertz CT molecular complexity index is 979. The van der Waals surface area contributed by atoms with Crippen LogP contribution in [0.3, 0.4) is 0 Å². The minimum absolute atomic E-state index is 0.00299. The summed E-state index contributed by atoms with van der Waals surface area (Å²) in [5, 5.41) is 4.56. The Morgan fingerprint density at radius 3 is 2.76 bits per heavy atom. The maximum absolute atomic E-state index is 12.5. The number of hydrogen-bond donors (Lipinski definition) is 1. The first kappa shape index (κ1) is 17.0. The molecule has 0 aliphatic heterocycles. The molecule has 2 aromatic heterocycles. The molecule has 0 saturated carbocycles. The molecular weight excluding hydrogens is 342 g/mol. The molecule has 0 spiro atoms. The van der Waals surface area contributed by atoms with Crippen LogP contribution in [0.15, 0.2) is 40.8 Å². The van der Waals surface area contributed by atoms with Gasteiger partial charge >= 0.3 is 0 Å². The lowest BCUT2D eigenvalue weighted by Crippen LogP contribution is -2.32. The number of carbonyl (C=O) groups excluding carboxylic acids is 1. The molecule has 1 N–H and O–H groups in total. The minimum Gasteiger partial charge on any atom is -0.493 e. The van der Waals surface area contributed by atoms with Crippen LogP contribution in [0.5, 0.6) is 11.5 Å². The van der Waals surface area contributed by atoms with Gasteiger partial charge in [0.05, 0.1) is 20.3 Å². The third kappa shape index (κ3) is 3.20. The van der Waals surface area contributed by atoms with Crippen LogP contribution in [0.2, 0.25) is 0 Å². The molecule has 130 valence electrons. The largest absolute Gasteiger partial charge is 0.493 e. The van der Waals surface area contributed by atoms with Gasteiger partial charge in [-0.3, -0.25) is 14.0 Å². The topological polar surface area (TPSA) is 81.9 Å². The lowest BCUT2D eigenvalue weighted by Gasteiger charge is -2.16. The Kier molecular flexibility index (Phi) is 4.71. The number of ether oxygens (including phenoxy) is 2. The SMILES string of the molecule is COc1ccc(C(C)NC(=O)c2cnc3sccn3c2=O)cc1OC. The molecule has 2 heterocycles. The summed E-state index contributed by atoms with van der Waals surface area (Å²) in [6.45, 7) is 1.83. The van der Waals surface area contributed by atoms with Gasteiger partial charge < -0.3 is 14.8 Å². The van der Waals surface area contributed by atoms with E-state index in [9.17, 15) is 9.59 Å². The molecule has 0 saturated heterocycles. The van der Waals surface area contributed by atoms with Crippen molar-refractivity contribution in [1.29, 1.82) is 0 Å². The number of nitrogens with one attached hydrogen (secondary N) is 1. The average molecular weight is 359 g/mol. The smallest absolute Gasteiger partial charge is 0.271 e. The predicted molar refractivity (Wildman–Crippen MR) is 94.8 cm³/mol. The van der Waals surface area contributed by atoms with E-state index >= 15 is 0 Å². The number of rotatable bonds is 5. The lowest BCUT2D eigenvalue weighted by atomic mass is 10.1. The highest BCUT2D eigenvalue weighted by Gasteiger charge is 2.17. The van der Waals surface area contributed by atoms with Crippen molar-refractivity contribution in [3.8, 4) is 11.5 Å². The van der Waals surface area contributed by atoms with Gasteiger partial charge in [0.25, 0.3) is 11.5 Å². The van der Waals surface area contributed by atoms with E-state index in [1.54, 1.807) is 37.9 Å². The van der Waals surface area contributed by atoms with Gasteiger partial charge in [0.15, 0.2) is 16.5 Å². The number of carbonyl (C=O) groups is 1. The highest BCUT2D eigenvalue weighted by Crippen LogP contribution is 2.29. The van der Waals surface area contributed by atoms with Crippen LogP contribution in [0.1, 0.15) is 28.9 Å². The molecule has 0 radical (unpaired) electrons. The lowest BCUT2D eigenvalue weighted by molar-refractivity contribution is 0.0937. The van der Waals surface area contributed by atoms with Crippen LogP contribution in [-0.4, -0.2) is 29.5 Å². The Labute approximate surface area is 147 Å². The van der Waals surface area contributed by atoms with Gasteiger partial charge in [-0.25, -0.2) is 4.98 Å². The second-order valence-electron chi connectivity index (χ2n) is 5.34. The van der Waals surface area contributed by atoms with Gasteiger partial charge in [-0.2, -0.15) is 0 Å². The van der Waals surface area contributed by atoms with Gasteiger partial charge in [0.1, 0.15) is 5.56 Å². The molecule has 0 aliphatic carbocycles. The minimum atomic E-state index is -0.472. The Morgan fingerprint density at radius 2 is 2.04 bits per heavy atom. The highest BCUT2D eigenvalue weighted by atomic mass is 32.1. The maximum Gasteiger partial charge on any atom is 0.271 e. The first-order chi connectivity index (χ1) is 12.0. The van der Waals surface area contributed by atoms with Crippen LogP contribution >= 0.6 is 11.3 Å². The van der Waals surface area contributed by atoms with Crippen LogP contribution in [-0.2, 0) is 0 Å². The number of fused-ring (bicyclic) bond motifs is 1. The molecule has 1 unspecified atom stereocenters. The monoisotopic (exact) mass is 359 g/mol. The quantitative estimate of drug-likeness (QED) is 0.756. The Balaban J connectivity index is 1.84. The molecule has 3 aromatic rings. The molecule has 1 atom stereocenters. The van der Waals surface area contributed by atoms with E-state index in [-0.39, 0.29) is 17.2 Å². The van der Waals surface area contributed by atoms with Gasteiger partial charge in [0, 0.05) is 17.8 Å². The second-order valence-corrected chi connectivity index (χ2v) is 6.22. The molecule has 0 bridgehead atoms. The fraction of sp³-hybridized carbons (Fsp3) is 0.235. The molecule has 25 heavy (non-hydrogen) atoms. The third-order valence-corrected chi connectivity index (χ3v) is 4.61. The maximum atomic E-state index is 12.5. The van der Waals surface area contributed by atoms with Crippen LogP contribution in [0.25, 0.3) is 4.96 Å². The predicted octanol–water partition coefficient (Wildman–Crippen LogP) is 2.26. The first-order valence-electron chi connectivity index (χ1n) is 7.52. The van der Waals surface area contributed by atoms with Gasteiger partial charge in [-0.05, 0) is 24.6 Å². The zero-order chi connectivity index (χ0) is 18.0. The standard InChI is InChI=1S/C17H17N3O4S/c1-10(11-4-5-13(23-2)14(8-11)24-3)19-15(21)12-9-18-17-20(16(12)22)6-7-25-17/h4-10H,1-3H3,(H,19,21). The van der Waals surface area contributed by atoms with Gasteiger partial charge in [0.2, 0.25) is 0 Å². The summed E-state index contributed by atoms with van der Waals surface area (Å²) in [6.07, 6.45) is 2.91. The van der Waals surface area contributed by atoms with Crippen molar-refractivity contribution >= 4 is 22.2 Å². The summed E-state index contributed by atoms with van der Waals surface area (Å²) in [5.41, 5.74) is 0.446. The summed E-state index contributed by atoms with van der Waals surface area (Å²) in [4.78, 5) is 29.5. The molecule has 3 rings (SSSR count). The van der Waals surface area contributed by atoms with Crippen LogP contribution in [0, 0.1) is 0 Å². The molecular formula is C17H17N3O4S. The molecule has 0 aliphatic rings. The second kappa shape index (κ2) is 6.94. The van der Waals surface area contributed by atoms with Gasteiger partial charge in [-0.15, -0.1) is 11.3 Å². The number of hydrogen-bond acceptors (Lipinski definition) is 6. The molecule has 0 fully saturated rings. The van der Waals surface area contributed by atoms with E-state index in [1.807, 2.05) is 13.0 Å². The van der Waals surface area contributed by atoms with Gasteiger partial charge in [-0.1, -0.05) is 6.07 Å². The summed E-state index contributed by atoms with van der Waals surface area (Å²) in [5.74, 6) is 0.707. The van der Waals surface area contributed by atoms with E-state index in [0.29, 0.717) is 16.5 Å². The molecule has 1 amide bonds. The molecule has 7 nitrogen and oxygen atoms in total. The fourth-order valence-electron chi connectivity index (χ4n) is 2.46. The number of nitrogens with zero attached hydrogens (tertiary/aromatic N) is 2. The number of methoxy groups -OCH3 is 2. The van der Waals surface area contributed by atoms with Crippen molar-refractivity contribution < 1.29 is 14.3 Å². The summed E-state index contributed by atoms with van der Waals surface area (Å²) in [7, 11) is 3.11. The average Bonchev–Trinajstić information content (AvgIpc) is 3.10. The summed E-state index contributed by atoms with van der Waals surface area (Å²) < 4.78 is 11.8. The van der Waals surface area contributed by atoms with E-state index in [4.69, 9.17) is 9.47 Å². The fourth-order valence-corrected chi connectivity index (χ4v) is 3.14. The number of benzene rings is 1. The Hall–Kier alpha value is -2.87. The normalized spacial score (nSPS) is 12.0. The van der Waals surface area contributed by atoms with Crippen LogP contribution in [0.4, 0.5) is 0 Å². The molecule has 8 heteroatoms. The Morgan fingerprint density at radius 1 is 1.28 bits per heavy atom. The first-order valence-corrected chi connectivity index (χ1v) is 8.40. The van der Waals surface area contributed by atoms with Crippen molar-refractivity contribution in [1.82, 2.24) is 14.7 Å². The zero-order valence-corrected chi connectivity index (χ0v) is 14.8. The van der Waals surface area contributed by atoms with Crippen molar-refractivity contribution in [2.45, 2.75) is 13.0 Å². The van der Waals surface area contributed by atoms with E-state index in [0.717, 1.165) is 5.56 Å². The number of thiazole rings is 1. The summed E-state index contributed by atoms with van der Waals surface area (Å²) >= 11 is 1.33. The van der Waals surface area contributed by atoms with Crippen molar-refractivity contribution in [2.75, 3.05) is 14.2 Å². The van der Waals surface area contributed by atoms with Crippen LogP contribution < -0.4 is 20.3 Å². The van der Waals surface area contributed by atoms with Crippen molar-refractivity contribution in [3.05, 3.63) is 57.5 Å².